The molecule has 1 atom stereocenters. The Morgan fingerprint density at radius 2 is 2.00 bits per heavy atom. The molecule has 1 rings (SSSR count). The first-order valence-electron chi connectivity index (χ1n) is 6.37. The summed E-state index contributed by atoms with van der Waals surface area (Å²) in [5.41, 5.74) is 0. The second kappa shape index (κ2) is 8.14. The van der Waals surface area contributed by atoms with E-state index in [0.717, 1.165) is 0 Å². The minimum Gasteiger partial charge on any atom is -0.484 e. The van der Waals surface area contributed by atoms with Gasteiger partial charge in [-0.25, -0.2) is 4.39 Å². The molecule has 5 nitrogen and oxygen atoms in total. The third-order valence-electron chi connectivity index (χ3n) is 2.74. The summed E-state index contributed by atoms with van der Waals surface area (Å²) < 4.78 is 17.8. The van der Waals surface area contributed by atoms with Gasteiger partial charge in [-0.15, -0.1) is 0 Å². The molecule has 0 aliphatic heterocycles. The zero-order valence-corrected chi connectivity index (χ0v) is 11.3. The van der Waals surface area contributed by atoms with Gasteiger partial charge in [0.05, 0.1) is 5.92 Å². The molecule has 0 fully saturated rings. The van der Waals surface area contributed by atoms with Gasteiger partial charge in [0.1, 0.15) is 11.6 Å². The van der Waals surface area contributed by atoms with Gasteiger partial charge in [0, 0.05) is 6.54 Å². The molecule has 6 heteroatoms. The Morgan fingerprint density at radius 1 is 1.35 bits per heavy atom. The number of benzene rings is 1. The lowest BCUT2D eigenvalue weighted by Gasteiger charge is -2.08. The number of ether oxygens (including phenoxy) is 1. The molecule has 0 saturated carbocycles. The Hall–Kier alpha value is -2.11. The van der Waals surface area contributed by atoms with Gasteiger partial charge in [0.15, 0.2) is 6.61 Å². The highest BCUT2D eigenvalue weighted by atomic mass is 19.1. The van der Waals surface area contributed by atoms with Crippen LogP contribution in [0.1, 0.15) is 19.8 Å². The molecule has 0 aromatic heterocycles. The van der Waals surface area contributed by atoms with Crippen LogP contribution in [0.5, 0.6) is 5.75 Å². The monoisotopic (exact) mass is 283 g/mol. The summed E-state index contributed by atoms with van der Waals surface area (Å²) in [6.45, 7) is 1.88. The van der Waals surface area contributed by atoms with E-state index in [1.165, 1.54) is 24.3 Å². The minimum absolute atomic E-state index is 0.153. The van der Waals surface area contributed by atoms with E-state index < -0.39 is 11.9 Å². The number of hydrogen-bond acceptors (Lipinski definition) is 3. The maximum Gasteiger partial charge on any atom is 0.306 e. The van der Waals surface area contributed by atoms with Crippen LogP contribution in [0.15, 0.2) is 24.3 Å². The molecule has 1 aromatic rings. The normalized spacial score (nSPS) is 11.7. The summed E-state index contributed by atoms with van der Waals surface area (Å²) >= 11 is 0. The predicted octanol–water partition coefficient (Wildman–Crippen LogP) is 1.82. The number of aliphatic carboxylic acids is 1. The number of halogens is 1. The van der Waals surface area contributed by atoms with E-state index in [1.54, 1.807) is 6.92 Å². The van der Waals surface area contributed by atoms with Crippen LogP contribution in [0.25, 0.3) is 0 Å². The average Bonchev–Trinajstić information content (AvgIpc) is 2.42. The summed E-state index contributed by atoms with van der Waals surface area (Å²) in [6.07, 6.45) is 1.10. The minimum atomic E-state index is -0.837. The van der Waals surface area contributed by atoms with Gasteiger partial charge < -0.3 is 15.2 Å². The second-order valence-electron chi connectivity index (χ2n) is 4.47. The number of rotatable bonds is 8. The zero-order valence-electron chi connectivity index (χ0n) is 11.3. The zero-order chi connectivity index (χ0) is 15.0. The van der Waals surface area contributed by atoms with E-state index in [0.29, 0.717) is 25.1 Å². The number of carbonyl (C=O) groups excluding carboxylic acids is 1. The summed E-state index contributed by atoms with van der Waals surface area (Å²) in [7, 11) is 0. The van der Waals surface area contributed by atoms with Gasteiger partial charge in [-0.2, -0.15) is 0 Å². The van der Waals surface area contributed by atoms with Crippen LogP contribution in [0.3, 0.4) is 0 Å². The number of carbonyl (C=O) groups is 2. The molecule has 0 aliphatic rings. The number of amides is 1. The second-order valence-corrected chi connectivity index (χ2v) is 4.47. The smallest absolute Gasteiger partial charge is 0.306 e. The standard InChI is InChI=1S/C14H18FNO4/c1-10(14(18)19)3-2-8-16-13(17)9-20-12-6-4-11(15)5-7-12/h4-7,10H,2-3,8-9H2,1H3,(H,16,17)(H,18,19). The van der Waals surface area contributed by atoms with Crippen LogP contribution in [0.2, 0.25) is 0 Å². The molecular weight excluding hydrogens is 265 g/mol. The lowest BCUT2D eigenvalue weighted by Crippen LogP contribution is -2.30. The van der Waals surface area contributed by atoms with Crippen LogP contribution in [0.4, 0.5) is 4.39 Å². The fraction of sp³-hybridized carbons (Fsp3) is 0.429. The Balaban J connectivity index is 2.14. The van der Waals surface area contributed by atoms with Crippen LogP contribution in [-0.4, -0.2) is 30.1 Å². The fourth-order valence-corrected chi connectivity index (χ4v) is 1.49. The molecule has 0 spiro atoms. The van der Waals surface area contributed by atoms with Crippen LogP contribution in [-0.2, 0) is 9.59 Å². The highest BCUT2D eigenvalue weighted by molar-refractivity contribution is 5.77. The van der Waals surface area contributed by atoms with E-state index in [-0.39, 0.29) is 18.3 Å². The molecule has 0 bridgehead atoms. The maximum atomic E-state index is 12.6. The first-order chi connectivity index (χ1) is 9.49. The van der Waals surface area contributed by atoms with Crippen molar-refractivity contribution in [2.24, 2.45) is 5.92 Å². The molecule has 0 radical (unpaired) electrons. The van der Waals surface area contributed by atoms with Crippen molar-refractivity contribution in [1.82, 2.24) is 5.32 Å². The largest absolute Gasteiger partial charge is 0.484 e. The van der Waals surface area contributed by atoms with Crippen molar-refractivity contribution in [3.63, 3.8) is 0 Å². The van der Waals surface area contributed by atoms with Crippen LogP contribution >= 0.6 is 0 Å². The predicted molar refractivity (Wildman–Crippen MR) is 70.9 cm³/mol. The van der Waals surface area contributed by atoms with E-state index in [9.17, 15) is 14.0 Å². The van der Waals surface area contributed by atoms with Crippen LogP contribution < -0.4 is 10.1 Å². The van der Waals surface area contributed by atoms with Gasteiger partial charge in [0.2, 0.25) is 0 Å². The van der Waals surface area contributed by atoms with Crippen molar-refractivity contribution in [1.29, 1.82) is 0 Å². The third-order valence-corrected chi connectivity index (χ3v) is 2.74. The Kier molecular flexibility index (Phi) is 6.49. The molecule has 0 saturated heterocycles. The van der Waals surface area contributed by atoms with Gasteiger partial charge in [-0.3, -0.25) is 9.59 Å². The van der Waals surface area contributed by atoms with Crippen molar-refractivity contribution >= 4 is 11.9 Å². The van der Waals surface area contributed by atoms with Gasteiger partial charge in [0.25, 0.3) is 5.91 Å². The van der Waals surface area contributed by atoms with E-state index >= 15 is 0 Å². The van der Waals surface area contributed by atoms with E-state index in [1.807, 2.05) is 0 Å². The highest BCUT2D eigenvalue weighted by Crippen LogP contribution is 2.10. The van der Waals surface area contributed by atoms with Gasteiger partial charge >= 0.3 is 5.97 Å². The molecule has 20 heavy (non-hydrogen) atoms. The number of nitrogens with one attached hydrogen (secondary N) is 1. The SMILES string of the molecule is CC(CCCNC(=O)COc1ccc(F)cc1)C(=O)O. The van der Waals surface area contributed by atoms with Crippen LogP contribution in [0, 0.1) is 11.7 Å². The maximum absolute atomic E-state index is 12.6. The lowest BCUT2D eigenvalue weighted by atomic mass is 10.1. The molecule has 0 heterocycles. The number of carboxylic acid groups (broad SMARTS) is 1. The van der Waals surface area contributed by atoms with Gasteiger partial charge in [-0.1, -0.05) is 6.92 Å². The fourth-order valence-electron chi connectivity index (χ4n) is 1.49. The summed E-state index contributed by atoms with van der Waals surface area (Å²) in [5, 5.41) is 11.3. The Labute approximate surface area is 116 Å². The Morgan fingerprint density at radius 3 is 2.60 bits per heavy atom. The summed E-state index contributed by atoms with van der Waals surface area (Å²) in [4.78, 5) is 22.0. The molecule has 2 N–H and O–H groups in total. The van der Waals surface area contributed by atoms with Crippen molar-refractivity contribution in [2.75, 3.05) is 13.2 Å². The molecule has 110 valence electrons. The molecule has 1 unspecified atom stereocenters. The molecule has 1 amide bonds. The van der Waals surface area contributed by atoms with Gasteiger partial charge in [-0.05, 0) is 37.1 Å². The first-order valence-corrected chi connectivity index (χ1v) is 6.37. The average molecular weight is 283 g/mol. The van der Waals surface area contributed by atoms with Crippen molar-refractivity contribution < 1.29 is 23.8 Å². The molecule has 1 aromatic carbocycles. The Bertz CT molecular complexity index is 447. The topological polar surface area (TPSA) is 75.6 Å². The van der Waals surface area contributed by atoms with Crippen molar-refractivity contribution in [2.45, 2.75) is 19.8 Å². The number of carboxylic acids is 1. The molecule has 0 aliphatic carbocycles. The first kappa shape index (κ1) is 15.9. The van der Waals surface area contributed by atoms with Crippen molar-refractivity contribution in [3.05, 3.63) is 30.1 Å². The molecular formula is C14H18FNO4. The number of hydrogen-bond donors (Lipinski definition) is 2. The quantitative estimate of drug-likeness (QED) is 0.714. The third kappa shape index (κ3) is 6.17. The highest BCUT2D eigenvalue weighted by Gasteiger charge is 2.10. The summed E-state index contributed by atoms with van der Waals surface area (Å²) in [5.74, 6) is -1.49. The van der Waals surface area contributed by atoms with Crippen molar-refractivity contribution in [3.8, 4) is 5.75 Å². The van der Waals surface area contributed by atoms with E-state index in [2.05, 4.69) is 5.32 Å². The summed E-state index contributed by atoms with van der Waals surface area (Å²) in [6, 6.07) is 5.38. The lowest BCUT2D eigenvalue weighted by molar-refractivity contribution is -0.141. The van der Waals surface area contributed by atoms with E-state index in [4.69, 9.17) is 9.84 Å².